The van der Waals surface area contributed by atoms with Crippen LogP contribution in [0.2, 0.25) is 0 Å². The van der Waals surface area contributed by atoms with E-state index in [9.17, 15) is 0 Å². The zero-order valence-corrected chi connectivity index (χ0v) is 8.29. The van der Waals surface area contributed by atoms with Gasteiger partial charge >= 0.3 is 0 Å². The van der Waals surface area contributed by atoms with E-state index in [4.69, 9.17) is 10.00 Å². The van der Waals surface area contributed by atoms with Gasteiger partial charge in [0.1, 0.15) is 0 Å². The van der Waals surface area contributed by atoms with Crippen LogP contribution in [0.1, 0.15) is 42.6 Å². The summed E-state index contributed by atoms with van der Waals surface area (Å²) < 4.78 is 5.65. The van der Waals surface area contributed by atoms with Crippen LogP contribution in [0.3, 0.4) is 0 Å². The molecule has 0 amide bonds. The van der Waals surface area contributed by atoms with Crippen molar-refractivity contribution < 1.29 is 4.74 Å². The van der Waals surface area contributed by atoms with Crippen molar-refractivity contribution in [2.75, 3.05) is 0 Å². The minimum atomic E-state index is 0.253. The lowest BCUT2D eigenvalue weighted by Crippen LogP contribution is -1.94. The van der Waals surface area contributed by atoms with Gasteiger partial charge in [-0.05, 0) is 29.7 Å². The van der Waals surface area contributed by atoms with E-state index in [0.717, 1.165) is 18.4 Å². The fourth-order valence-corrected chi connectivity index (χ4v) is 1.90. The Morgan fingerprint density at radius 3 is 3.14 bits per heavy atom. The summed E-state index contributed by atoms with van der Waals surface area (Å²) in [6.45, 7) is 2.82. The first-order valence-electron chi connectivity index (χ1n) is 4.99. The Balaban J connectivity index is 2.30. The standard InChI is InChI=1S/C12H13NO/c1-2-3-12-11-5-4-9(7-13)6-10(11)8-14-12/h4-6,12H,2-3,8H2,1H3. The molecule has 1 aliphatic rings. The van der Waals surface area contributed by atoms with Crippen molar-refractivity contribution in [3.63, 3.8) is 0 Å². The van der Waals surface area contributed by atoms with Gasteiger partial charge in [-0.2, -0.15) is 5.26 Å². The van der Waals surface area contributed by atoms with Crippen LogP contribution in [0, 0.1) is 11.3 Å². The third-order valence-corrected chi connectivity index (χ3v) is 2.61. The van der Waals surface area contributed by atoms with Crippen molar-refractivity contribution >= 4 is 0 Å². The summed E-state index contributed by atoms with van der Waals surface area (Å²) in [7, 11) is 0. The van der Waals surface area contributed by atoms with Crippen LogP contribution in [-0.2, 0) is 11.3 Å². The maximum absolute atomic E-state index is 8.75. The number of hydrogen-bond acceptors (Lipinski definition) is 2. The summed E-state index contributed by atoms with van der Waals surface area (Å²) in [5, 5.41) is 8.75. The average molecular weight is 187 g/mol. The summed E-state index contributed by atoms with van der Waals surface area (Å²) >= 11 is 0. The second-order valence-electron chi connectivity index (χ2n) is 3.61. The molecule has 0 radical (unpaired) electrons. The molecule has 0 aromatic heterocycles. The molecule has 1 aliphatic heterocycles. The van der Waals surface area contributed by atoms with Crippen LogP contribution >= 0.6 is 0 Å². The molecule has 0 N–H and O–H groups in total. The lowest BCUT2D eigenvalue weighted by atomic mass is 10.0. The largest absolute Gasteiger partial charge is 0.369 e. The highest BCUT2D eigenvalue weighted by molar-refractivity contribution is 5.40. The molecule has 0 aliphatic carbocycles. The van der Waals surface area contributed by atoms with Crippen molar-refractivity contribution in [1.29, 1.82) is 5.26 Å². The van der Waals surface area contributed by atoms with E-state index in [2.05, 4.69) is 13.0 Å². The highest BCUT2D eigenvalue weighted by Gasteiger charge is 2.22. The summed E-state index contributed by atoms with van der Waals surface area (Å²) in [6.07, 6.45) is 2.45. The average Bonchev–Trinajstić information content (AvgIpc) is 2.61. The van der Waals surface area contributed by atoms with Crippen LogP contribution < -0.4 is 0 Å². The smallest absolute Gasteiger partial charge is 0.0991 e. The number of nitriles is 1. The van der Waals surface area contributed by atoms with E-state index in [1.165, 1.54) is 11.1 Å². The molecule has 2 nitrogen and oxygen atoms in total. The first-order valence-corrected chi connectivity index (χ1v) is 4.99. The summed E-state index contributed by atoms with van der Waals surface area (Å²) in [4.78, 5) is 0. The molecule has 1 atom stereocenters. The molecular formula is C12H13NO. The predicted molar refractivity (Wildman–Crippen MR) is 53.6 cm³/mol. The first-order chi connectivity index (χ1) is 6.85. The lowest BCUT2D eigenvalue weighted by molar-refractivity contribution is 0.0596. The van der Waals surface area contributed by atoms with Gasteiger partial charge in [0.2, 0.25) is 0 Å². The van der Waals surface area contributed by atoms with E-state index in [1.54, 1.807) is 0 Å². The first kappa shape index (κ1) is 9.23. The maximum atomic E-state index is 8.75. The zero-order chi connectivity index (χ0) is 9.97. The molecule has 2 heteroatoms. The number of rotatable bonds is 2. The van der Waals surface area contributed by atoms with Crippen LogP contribution in [-0.4, -0.2) is 0 Å². The van der Waals surface area contributed by atoms with E-state index >= 15 is 0 Å². The monoisotopic (exact) mass is 187 g/mol. The molecule has 2 rings (SSSR count). The van der Waals surface area contributed by atoms with Gasteiger partial charge in [-0.25, -0.2) is 0 Å². The number of fused-ring (bicyclic) bond motifs is 1. The van der Waals surface area contributed by atoms with Crippen molar-refractivity contribution in [3.8, 4) is 6.07 Å². The third-order valence-electron chi connectivity index (χ3n) is 2.61. The molecule has 14 heavy (non-hydrogen) atoms. The highest BCUT2D eigenvalue weighted by Crippen LogP contribution is 2.33. The van der Waals surface area contributed by atoms with E-state index < -0.39 is 0 Å². The van der Waals surface area contributed by atoms with Gasteiger partial charge in [0.25, 0.3) is 0 Å². The Morgan fingerprint density at radius 2 is 2.43 bits per heavy atom. The van der Waals surface area contributed by atoms with Gasteiger partial charge in [-0.3, -0.25) is 0 Å². The van der Waals surface area contributed by atoms with Gasteiger partial charge in [-0.1, -0.05) is 19.4 Å². The molecule has 72 valence electrons. The van der Waals surface area contributed by atoms with Crippen LogP contribution in [0.5, 0.6) is 0 Å². The number of ether oxygens (including phenoxy) is 1. The Hall–Kier alpha value is -1.33. The molecule has 0 bridgehead atoms. The lowest BCUT2D eigenvalue weighted by Gasteiger charge is -2.08. The van der Waals surface area contributed by atoms with E-state index in [-0.39, 0.29) is 6.10 Å². The van der Waals surface area contributed by atoms with Crippen molar-refractivity contribution in [2.45, 2.75) is 32.5 Å². The highest BCUT2D eigenvalue weighted by atomic mass is 16.5. The van der Waals surface area contributed by atoms with Gasteiger partial charge in [0.05, 0.1) is 24.3 Å². The predicted octanol–water partition coefficient (Wildman–Crippen LogP) is 2.93. The van der Waals surface area contributed by atoms with Gasteiger partial charge < -0.3 is 4.74 Å². The van der Waals surface area contributed by atoms with Gasteiger partial charge in [-0.15, -0.1) is 0 Å². The third kappa shape index (κ3) is 1.51. The normalized spacial score (nSPS) is 19.0. The van der Waals surface area contributed by atoms with E-state index in [0.29, 0.717) is 6.61 Å². The fourth-order valence-electron chi connectivity index (χ4n) is 1.90. The molecule has 0 fully saturated rings. The Morgan fingerprint density at radius 1 is 1.57 bits per heavy atom. The van der Waals surface area contributed by atoms with Crippen LogP contribution in [0.4, 0.5) is 0 Å². The molecule has 0 saturated carbocycles. The van der Waals surface area contributed by atoms with Gasteiger partial charge in [0.15, 0.2) is 0 Å². The number of nitrogens with zero attached hydrogens (tertiary/aromatic N) is 1. The molecule has 1 aromatic carbocycles. The SMILES string of the molecule is CCCC1OCc2cc(C#N)ccc21. The minimum Gasteiger partial charge on any atom is -0.369 e. The number of hydrogen-bond donors (Lipinski definition) is 0. The quantitative estimate of drug-likeness (QED) is 0.713. The molecule has 0 saturated heterocycles. The Bertz CT molecular complexity index is 378. The fraction of sp³-hybridized carbons (Fsp3) is 0.417. The van der Waals surface area contributed by atoms with Crippen LogP contribution in [0.25, 0.3) is 0 Å². The number of benzene rings is 1. The van der Waals surface area contributed by atoms with Crippen molar-refractivity contribution in [3.05, 3.63) is 34.9 Å². The molecule has 1 unspecified atom stereocenters. The molecule has 1 heterocycles. The summed E-state index contributed by atoms with van der Waals surface area (Å²) in [6, 6.07) is 7.98. The van der Waals surface area contributed by atoms with E-state index in [1.807, 2.05) is 18.2 Å². The van der Waals surface area contributed by atoms with Gasteiger partial charge in [0, 0.05) is 0 Å². The molecule has 0 spiro atoms. The Labute approximate surface area is 84.1 Å². The minimum absolute atomic E-state index is 0.253. The molecule has 1 aromatic rings. The second kappa shape index (κ2) is 3.81. The molecular weight excluding hydrogens is 174 g/mol. The van der Waals surface area contributed by atoms with Crippen molar-refractivity contribution in [1.82, 2.24) is 0 Å². The van der Waals surface area contributed by atoms with Crippen LogP contribution in [0.15, 0.2) is 18.2 Å². The van der Waals surface area contributed by atoms with Crippen molar-refractivity contribution in [2.24, 2.45) is 0 Å². The Kier molecular flexibility index (Phi) is 2.51. The maximum Gasteiger partial charge on any atom is 0.0991 e. The summed E-state index contributed by atoms with van der Waals surface area (Å²) in [5.74, 6) is 0. The second-order valence-corrected chi connectivity index (χ2v) is 3.61. The topological polar surface area (TPSA) is 33.0 Å². The summed E-state index contributed by atoms with van der Waals surface area (Å²) in [5.41, 5.74) is 3.18. The zero-order valence-electron chi connectivity index (χ0n) is 8.29.